The second-order valence-electron chi connectivity index (χ2n) is 10.6. The molecule has 0 saturated carbocycles. The SMILES string of the molecule is CC(C)C[C@@H]1NC(=O)[C@@H](Cc2cccc(C(F)(F)F)c2)CCCC[C@H]2CNC(=O)[C@H]2C[C@@H](C#N)NC1=O. The van der Waals surface area contributed by atoms with E-state index in [0.29, 0.717) is 37.8 Å². The first-order valence-corrected chi connectivity index (χ1v) is 12.9. The molecule has 1 aromatic rings. The number of benzene rings is 1. The minimum Gasteiger partial charge on any atom is -0.356 e. The van der Waals surface area contributed by atoms with E-state index in [1.54, 1.807) is 6.07 Å². The number of nitrogens with zero attached hydrogens (tertiary/aromatic N) is 1. The Morgan fingerprint density at radius 1 is 1.05 bits per heavy atom. The molecule has 0 bridgehead atoms. The van der Waals surface area contributed by atoms with Gasteiger partial charge in [0, 0.05) is 18.4 Å². The van der Waals surface area contributed by atoms with E-state index in [2.05, 4.69) is 22.0 Å². The fraction of sp³-hybridized carbons (Fsp3) is 0.630. The first kappa shape index (κ1) is 28.5. The van der Waals surface area contributed by atoms with Gasteiger partial charge in [-0.1, -0.05) is 44.9 Å². The third kappa shape index (κ3) is 7.94. The van der Waals surface area contributed by atoms with Crippen LogP contribution in [0.1, 0.15) is 63.5 Å². The van der Waals surface area contributed by atoms with Gasteiger partial charge in [-0.25, -0.2) is 0 Å². The molecule has 202 valence electrons. The van der Waals surface area contributed by atoms with Crippen LogP contribution in [-0.4, -0.2) is 36.3 Å². The standard InChI is InChI=1S/C27H35F3N4O3/c1-16(2)10-23-26(37)33-21(14-31)13-22-19(15-32-25(22)36)8-4-3-7-18(24(35)34-23)11-17-6-5-9-20(12-17)27(28,29)30/h5-6,9,12,16,18-19,21-23H,3-4,7-8,10-11,13,15H2,1-2H3,(H,32,36)(H,33,37)(H,34,35)/t18-,19+,21+,22+,23+/m1/s1. The third-order valence-corrected chi connectivity index (χ3v) is 7.23. The van der Waals surface area contributed by atoms with Gasteiger partial charge in [0.1, 0.15) is 12.1 Å². The Bertz CT molecular complexity index is 1020. The molecule has 3 amide bonds. The molecule has 2 saturated heterocycles. The highest BCUT2D eigenvalue weighted by Crippen LogP contribution is 2.31. The second-order valence-corrected chi connectivity index (χ2v) is 10.6. The minimum absolute atomic E-state index is 0.0189. The van der Waals surface area contributed by atoms with Crippen molar-refractivity contribution in [2.24, 2.45) is 23.7 Å². The fourth-order valence-electron chi connectivity index (χ4n) is 5.27. The average molecular weight is 521 g/mol. The zero-order chi connectivity index (χ0) is 27.2. The highest BCUT2D eigenvalue weighted by atomic mass is 19.4. The summed E-state index contributed by atoms with van der Waals surface area (Å²) < 4.78 is 39.7. The molecule has 2 aliphatic heterocycles. The number of carbonyl (C=O) groups excluding carboxylic acids is 3. The number of hydrogen-bond acceptors (Lipinski definition) is 4. The smallest absolute Gasteiger partial charge is 0.356 e. The molecule has 10 heteroatoms. The molecule has 0 spiro atoms. The normalized spacial score (nSPS) is 27.9. The maximum Gasteiger partial charge on any atom is 0.416 e. The number of nitriles is 1. The van der Waals surface area contributed by atoms with E-state index in [9.17, 15) is 32.8 Å². The van der Waals surface area contributed by atoms with E-state index < -0.39 is 35.6 Å². The van der Waals surface area contributed by atoms with Gasteiger partial charge in [0.2, 0.25) is 17.7 Å². The lowest BCUT2D eigenvalue weighted by Gasteiger charge is -2.27. The van der Waals surface area contributed by atoms with E-state index in [4.69, 9.17) is 0 Å². The van der Waals surface area contributed by atoms with Gasteiger partial charge in [-0.3, -0.25) is 14.4 Å². The van der Waals surface area contributed by atoms with Crippen molar-refractivity contribution in [1.29, 1.82) is 5.26 Å². The molecule has 3 rings (SSSR count). The molecule has 2 aliphatic rings. The number of halogens is 3. The fourth-order valence-corrected chi connectivity index (χ4v) is 5.27. The molecule has 0 aromatic heterocycles. The van der Waals surface area contributed by atoms with Crippen LogP contribution >= 0.6 is 0 Å². The van der Waals surface area contributed by atoms with E-state index in [-0.39, 0.29) is 42.4 Å². The molecule has 3 N–H and O–H groups in total. The second kappa shape index (κ2) is 12.4. The van der Waals surface area contributed by atoms with Crippen molar-refractivity contribution in [2.45, 2.75) is 77.1 Å². The van der Waals surface area contributed by atoms with Crippen LogP contribution in [0.4, 0.5) is 13.2 Å². The largest absolute Gasteiger partial charge is 0.416 e. The topological polar surface area (TPSA) is 111 Å². The Kier molecular flexibility index (Phi) is 9.57. The average Bonchev–Trinajstić information content (AvgIpc) is 3.17. The van der Waals surface area contributed by atoms with Gasteiger partial charge in [0.15, 0.2) is 0 Å². The summed E-state index contributed by atoms with van der Waals surface area (Å²) in [6.45, 7) is 4.31. The lowest BCUT2D eigenvalue weighted by atomic mass is 9.84. The predicted octanol–water partition coefficient (Wildman–Crippen LogP) is 3.73. The van der Waals surface area contributed by atoms with Gasteiger partial charge in [0.25, 0.3) is 0 Å². The molecule has 7 nitrogen and oxygen atoms in total. The van der Waals surface area contributed by atoms with E-state index in [1.165, 1.54) is 6.07 Å². The summed E-state index contributed by atoms with van der Waals surface area (Å²) in [5, 5.41) is 18.0. The quantitative estimate of drug-likeness (QED) is 0.562. The first-order valence-electron chi connectivity index (χ1n) is 12.9. The van der Waals surface area contributed by atoms with Crippen LogP contribution in [0.2, 0.25) is 0 Å². The number of nitrogens with one attached hydrogen (secondary N) is 3. The molecule has 0 radical (unpaired) electrons. The number of rotatable bonds is 4. The summed E-state index contributed by atoms with van der Waals surface area (Å²) in [4.78, 5) is 38.9. The Balaban J connectivity index is 1.86. The number of carbonyl (C=O) groups is 3. The Morgan fingerprint density at radius 3 is 2.46 bits per heavy atom. The lowest BCUT2D eigenvalue weighted by molar-refractivity contribution is -0.137. The van der Waals surface area contributed by atoms with Gasteiger partial charge in [-0.05, 0) is 55.6 Å². The van der Waals surface area contributed by atoms with Crippen LogP contribution in [0.5, 0.6) is 0 Å². The van der Waals surface area contributed by atoms with Gasteiger partial charge in [0.05, 0.1) is 11.6 Å². The van der Waals surface area contributed by atoms with Gasteiger partial charge in [-0.15, -0.1) is 0 Å². The Hall–Kier alpha value is -3.09. The zero-order valence-electron chi connectivity index (χ0n) is 21.2. The number of fused-ring (bicyclic) bond motifs is 1. The Morgan fingerprint density at radius 2 is 1.78 bits per heavy atom. The van der Waals surface area contributed by atoms with E-state index >= 15 is 0 Å². The minimum atomic E-state index is -4.48. The summed E-state index contributed by atoms with van der Waals surface area (Å²) in [7, 11) is 0. The summed E-state index contributed by atoms with van der Waals surface area (Å²) >= 11 is 0. The summed E-state index contributed by atoms with van der Waals surface area (Å²) in [5.74, 6) is -1.95. The molecule has 2 heterocycles. The van der Waals surface area contributed by atoms with Crippen molar-refractivity contribution in [3.05, 3.63) is 35.4 Å². The predicted molar refractivity (Wildman–Crippen MR) is 131 cm³/mol. The first-order chi connectivity index (χ1) is 17.5. The van der Waals surface area contributed by atoms with Crippen LogP contribution in [0.25, 0.3) is 0 Å². The summed E-state index contributed by atoms with van der Waals surface area (Å²) in [6, 6.07) is 5.27. The molecule has 1 aromatic carbocycles. The molecule has 0 aliphatic carbocycles. The summed E-state index contributed by atoms with van der Waals surface area (Å²) in [5.41, 5.74) is -0.369. The van der Waals surface area contributed by atoms with Crippen molar-refractivity contribution in [1.82, 2.24) is 16.0 Å². The maximum atomic E-state index is 13.4. The molecule has 2 fully saturated rings. The number of hydrogen-bond donors (Lipinski definition) is 3. The van der Waals surface area contributed by atoms with Crippen molar-refractivity contribution in [3.8, 4) is 6.07 Å². The van der Waals surface area contributed by atoms with Crippen molar-refractivity contribution in [3.63, 3.8) is 0 Å². The molecular formula is C27H35F3N4O3. The van der Waals surface area contributed by atoms with E-state index in [1.807, 2.05) is 13.8 Å². The van der Waals surface area contributed by atoms with Crippen LogP contribution in [0, 0.1) is 35.0 Å². The molecule has 5 atom stereocenters. The van der Waals surface area contributed by atoms with Crippen LogP contribution in [0.15, 0.2) is 24.3 Å². The third-order valence-electron chi connectivity index (χ3n) is 7.23. The zero-order valence-corrected chi connectivity index (χ0v) is 21.2. The molecule has 37 heavy (non-hydrogen) atoms. The van der Waals surface area contributed by atoms with Crippen LogP contribution < -0.4 is 16.0 Å². The van der Waals surface area contributed by atoms with Crippen LogP contribution in [0.3, 0.4) is 0 Å². The monoisotopic (exact) mass is 520 g/mol. The van der Waals surface area contributed by atoms with Gasteiger partial charge < -0.3 is 16.0 Å². The molecular weight excluding hydrogens is 485 g/mol. The van der Waals surface area contributed by atoms with Crippen LogP contribution in [-0.2, 0) is 27.0 Å². The highest BCUT2D eigenvalue weighted by molar-refractivity contribution is 5.89. The maximum absolute atomic E-state index is 13.4. The molecule has 0 unspecified atom stereocenters. The van der Waals surface area contributed by atoms with Crippen molar-refractivity contribution in [2.75, 3.05) is 6.54 Å². The lowest BCUT2D eigenvalue weighted by Crippen LogP contribution is -2.52. The van der Waals surface area contributed by atoms with Gasteiger partial charge >= 0.3 is 6.18 Å². The highest BCUT2D eigenvalue weighted by Gasteiger charge is 2.37. The van der Waals surface area contributed by atoms with E-state index in [0.717, 1.165) is 18.6 Å². The number of amides is 3. The van der Waals surface area contributed by atoms with Gasteiger partial charge in [-0.2, -0.15) is 18.4 Å². The Labute approximate surface area is 215 Å². The number of alkyl halides is 3. The van der Waals surface area contributed by atoms with Crippen molar-refractivity contribution < 1.29 is 27.6 Å². The van der Waals surface area contributed by atoms with Crippen molar-refractivity contribution >= 4 is 17.7 Å². The summed E-state index contributed by atoms with van der Waals surface area (Å²) in [6.07, 6.45) is -1.29.